The molecule has 0 bridgehead atoms. The molecule has 49 heavy (non-hydrogen) atoms. The van der Waals surface area contributed by atoms with Gasteiger partial charge in [-0.3, -0.25) is 5.32 Å². The van der Waals surface area contributed by atoms with Crippen molar-refractivity contribution < 1.29 is 0 Å². The van der Waals surface area contributed by atoms with Crippen LogP contribution >= 0.6 is 56.7 Å². The fourth-order valence-corrected chi connectivity index (χ4v) is 8.42. The Labute approximate surface area is 319 Å². The molecule has 4 N–H and O–H groups in total. The molecule has 3 atom stereocenters. The van der Waals surface area contributed by atoms with Crippen LogP contribution in [-0.4, -0.2) is 9.97 Å². The van der Waals surface area contributed by atoms with Crippen molar-refractivity contribution in [1.82, 2.24) is 20.6 Å². The SMILES string of the molecule is CC(C)(NC1CCCc2c1[nH]c1ccc(Br)cc21)c1ccccc1.C[C@H](NC1CCCc2c1[nH]c1ccc(Br)cc21)c1ccccc1.Cl.Cl. The van der Waals surface area contributed by atoms with E-state index < -0.39 is 0 Å². The van der Waals surface area contributed by atoms with Gasteiger partial charge in [0.05, 0.1) is 0 Å². The molecule has 0 spiro atoms. The van der Waals surface area contributed by atoms with Crippen molar-refractivity contribution in [3.8, 4) is 0 Å². The second-order valence-electron chi connectivity index (χ2n) is 13.7. The van der Waals surface area contributed by atoms with E-state index in [-0.39, 0.29) is 30.4 Å². The van der Waals surface area contributed by atoms with E-state index in [4.69, 9.17) is 0 Å². The zero-order valence-electron chi connectivity index (χ0n) is 28.3. The number of hydrogen-bond donors (Lipinski definition) is 4. The van der Waals surface area contributed by atoms with Crippen molar-refractivity contribution >= 4 is 78.5 Å². The molecule has 8 rings (SSSR count). The van der Waals surface area contributed by atoms with Crippen LogP contribution in [0.25, 0.3) is 21.8 Å². The lowest BCUT2D eigenvalue weighted by Crippen LogP contribution is -2.40. The molecule has 2 unspecified atom stereocenters. The van der Waals surface area contributed by atoms with Gasteiger partial charge in [-0.15, -0.1) is 24.8 Å². The highest BCUT2D eigenvalue weighted by atomic mass is 79.9. The van der Waals surface area contributed by atoms with Gasteiger partial charge in [-0.25, -0.2) is 0 Å². The molecule has 4 aromatic carbocycles. The number of hydrogen-bond acceptors (Lipinski definition) is 2. The fraction of sp³-hybridized carbons (Fsp3) is 0.317. The smallest absolute Gasteiger partial charge is 0.0482 e. The van der Waals surface area contributed by atoms with E-state index >= 15 is 0 Å². The van der Waals surface area contributed by atoms with Gasteiger partial charge < -0.3 is 15.3 Å². The zero-order valence-corrected chi connectivity index (χ0v) is 33.1. The van der Waals surface area contributed by atoms with Gasteiger partial charge in [-0.05, 0) is 118 Å². The summed E-state index contributed by atoms with van der Waals surface area (Å²) in [6.45, 7) is 6.80. The lowest BCUT2D eigenvalue weighted by atomic mass is 9.87. The van der Waals surface area contributed by atoms with Crippen molar-refractivity contribution in [2.45, 2.75) is 83.0 Å². The Morgan fingerprint density at radius 3 is 1.71 bits per heavy atom. The molecule has 0 amide bonds. The average molecular weight is 826 g/mol. The topological polar surface area (TPSA) is 55.6 Å². The lowest BCUT2D eigenvalue weighted by molar-refractivity contribution is 0.316. The van der Waals surface area contributed by atoms with Gasteiger partial charge >= 0.3 is 0 Å². The molecule has 2 aliphatic carbocycles. The standard InChI is InChI=1S/C21H23BrN2.C20H21BrN2.2ClH/c1-21(2,14-7-4-3-5-8-14)24-19-10-6-9-16-17-13-15(22)11-12-18(17)23-20(16)19;1-13(14-6-3-2-4-7-14)22-19-9-5-8-16-17-12-15(21)10-11-18(17)23-20(16)19;;/h3-5,7-8,11-13,19,23-24H,6,9-10H2,1-2H3;2-4,6-7,10-13,19,22-23H,5,8-9H2,1H3;2*1H/t;13-,19?;;/m.0../s1. The summed E-state index contributed by atoms with van der Waals surface area (Å²) >= 11 is 7.21. The monoisotopic (exact) mass is 822 g/mol. The number of benzene rings is 4. The van der Waals surface area contributed by atoms with E-state index in [2.05, 4.69) is 170 Å². The van der Waals surface area contributed by atoms with Crippen LogP contribution in [0.15, 0.2) is 106 Å². The van der Waals surface area contributed by atoms with Crippen LogP contribution in [-0.2, 0) is 18.4 Å². The largest absolute Gasteiger partial charge is 0.357 e. The van der Waals surface area contributed by atoms with Crippen molar-refractivity contribution in [2.24, 2.45) is 0 Å². The van der Waals surface area contributed by atoms with Crippen molar-refractivity contribution in [3.63, 3.8) is 0 Å². The lowest BCUT2D eigenvalue weighted by Gasteiger charge is -2.34. The Kier molecular flexibility index (Phi) is 12.4. The molecule has 0 saturated carbocycles. The van der Waals surface area contributed by atoms with E-state index in [9.17, 15) is 0 Å². The minimum atomic E-state index is -0.0571. The molecule has 0 aliphatic heterocycles. The number of aromatic nitrogens is 2. The first-order valence-electron chi connectivity index (χ1n) is 17.0. The maximum Gasteiger partial charge on any atom is 0.0482 e. The summed E-state index contributed by atoms with van der Waals surface area (Å²) in [5.41, 5.74) is 10.8. The van der Waals surface area contributed by atoms with Crippen molar-refractivity contribution in [2.75, 3.05) is 0 Å². The Morgan fingerprint density at radius 2 is 1.16 bits per heavy atom. The molecular weight excluding hydrogens is 779 g/mol. The van der Waals surface area contributed by atoms with Gasteiger partial charge in [0.25, 0.3) is 0 Å². The average Bonchev–Trinajstić information content (AvgIpc) is 3.65. The first kappa shape index (κ1) is 37.7. The molecule has 2 aromatic heterocycles. The van der Waals surface area contributed by atoms with Gasteiger partial charge in [0, 0.05) is 65.8 Å². The van der Waals surface area contributed by atoms with Crippen LogP contribution < -0.4 is 10.6 Å². The van der Waals surface area contributed by atoms with Crippen LogP contribution in [0.3, 0.4) is 0 Å². The third-order valence-electron chi connectivity index (χ3n) is 10.1. The summed E-state index contributed by atoms with van der Waals surface area (Å²) in [6.07, 6.45) is 7.18. The van der Waals surface area contributed by atoms with E-state index in [0.29, 0.717) is 18.1 Å². The molecule has 2 heterocycles. The second kappa shape index (κ2) is 16.2. The summed E-state index contributed by atoms with van der Waals surface area (Å²) in [7, 11) is 0. The van der Waals surface area contributed by atoms with Crippen molar-refractivity contribution in [1.29, 1.82) is 0 Å². The summed E-state index contributed by atoms with van der Waals surface area (Å²) in [6, 6.07) is 35.6. The number of fused-ring (bicyclic) bond motifs is 6. The van der Waals surface area contributed by atoms with Gasteiger partial charge in [0.2, 0.25) is 0 Å². The van der Waals surface area contributed by atoms with Crippen LogP contribution in [0, 0.1) is 0 Å². The third kappa shape index (κ3) is 8.16. The van der Waals surface area contributed by atoms with Crippen molar-refractivity contribution in [3.05, 3.63) is 140 Å². The Hall–Kier alpha value is -2.58. The minimum Gasteiger partial charge on any atom is -0.357 e. The van der Waals surface area contributed by atoms with Gasteiger partial charge in [0.1, 0.15) is 0 Å². The number of nitrogens with one attached hydrogen (secondary N) is 4. The number of aromatic amines is 2. The van der Waals surface area contributed by atoms with E-state index in [0.717, 1.165) is 15.4 Å². The second-order valence-corrected chi connectivity index (χ2v) is 15.6. The van der Waals surface area contributed by atoms with Crippen LogP contribution in [0.1, 0.15) is 98.2 Å². The predicted molar refractivity (Wildman–Crippen MR) is 218 cm³/mol. The maximum absolute atomic E-state index is 3.90. The number of rotatable bonds is 6. The molecule has 8 heteroatoms. The number of aryl methyl sites for hydroxylation is 2. The molecule has 0 saturated heterocycles. The molecule has 0 radical (unpaired) electrons. The Balaban J connectivity index is 0.000000184. The first-order valence-corrected chi connectivity index (χ1v) is 18.6. The number of H-pyrrole nitrogens is 2. The molecule has 6 aromatic rings. The van der Waals surface area contributed by atoms with E-state index in [1.165, 1.54) is 87.6 Å². The van der Waals surface area contributed by atoms with Crippen LogP contribution in [0.2, 0.25) is 0 Å². The minimum absolute atomic E-state index is 0. The highest BCUT2D eigenvalue weighted by molar-refractivity contribution is 9.10. The molecule has 4 nitrogen and oxygen atoms in total. The molecule has 0 fully saturated rings. The summed E-state index contributed by atoms with van der Waals surface area (Å²) < 4.78 is 2.30. The number of halogens is 4. The molecule has 258 valence electrons. The Bertz CT molecular complexity index is 1990. The fourth-order valence-electron chi connectivity index (χ4n) is 7.69. The predicted octanol–water partition coefficient (Wildman–Crippen LogP) is 12.3. The van der Waals surface area contributed by atoms with Gasteiger partial charge in [-0.1, -0.05) is 92.5 Å². The first-order chi connectivity index (χ1) is 22.8. The maximum atomic E-state index is 3.90. The third-order valence-corrected chi connectivity index (χ3v) is 11.1. The highest BCUT2D eigenvalue weighted by Crippen LogP contribution is 2.39. The Morgan fingerprint density at radius 1 is 0.673 bits per heavy atom. The summed E-state index contributed by atoms with van der Waals surface area (Å²) in [5.74, 6) is 0. The molecular formula is C41H46Br2Cl2N4. The van der Waals surface area contributed by atoms with Crippen LogP contribution in [0.4, 0.5) is 0 Å². The molecule has 2 aliphatic rings. The van der Waals surface area contributed by atoms with E-state index in [1.807, 2.05) is 0 Å². The highest BCUT2D eigenvalue weighted by Gasteiger charge is 2.30. The summed E-state index contributed by atoms with van der Waals surface area (Å²) in [5, 5.41) is 10.5. The van der Waals surface area contributed by atoms with Gasteiger partial charge in [-0.2, -0.15) is 0 Å². The zero-order chi connectivity index (χ0) is 32.5. The van der Waals surface area contributed by atoms with E-state index in [1.54, 1.807) is 0 Å². The summed E-state index contributed by atoms with van der Waals surface area (Å²) in [4.78, 5) is 7.35. The quantitative estimate of drug-likeness (QED) is 0.135. The normalized spacial score (nSPS) is 17.6. The van der Waals surface area contributed by atoms with Gasteiger partial charge in [0.15, 0.2) is 0 Å². The van der Waals surface area contributed by atoms with Crippen LogP contribution in [0.5, 0.6) is 0 Å².